The number of thiol groups is 1. The van der Waals surface area contributed by atoms with Gasteiger partial charge >= 0.3 is 6.03 Å². The van der Waals surface area contributed by atoms with Crippen LogP contribution >= 0.6 is 12.6 Å². The molecule has 2 aromatic rings. The van der Waals surface area contributed by atoms with Gasteiger partial charge in [0, 0.05) is 36.6 Å². The number of rotatable bonds is 16. The molecule has 5 rings (SSSR count). The Morgan fingerprint density at radius 3 is 2.20 bits per heavy atom. The maximum absolute atomic E-state index is 13.7. The number of carbonyl (C=O) groups is 1. The van der Waals surface area contributed by atoms with Crippen molar-refractivity contribution in [2.24, 2.45) is 11.5 Å². The normalized spacial score (nSPS) is 18.8. The zero-order valence-corrected chi connectivity index (χ0v) is 28.1. The van der Waals surface area contributed by atoms with Gasteiger partial charge in [-0.05, 0) is 119 Å². The van der Waals surface area contributed by atoms with E-state index in [1.165, 1.54) is 0 Å². The molecule has 0 saturated carbocycles. The highest BCUT2D eigenvalue weighted by Crippen LogP contribution is 2.30. The molecule has 1 saturated heterocycles. The Morgan fingerprint density at radius 2 is 1.57 bits per heavy atom. The zero-order chi connectivity index (χ0) is 32.5. The summed E-state index contributed by atoms with van der Waals surface area (Å²) < 4.78 is 29.1. The maximum Gasteiger partial charge on any atom is 0.327 e. The third-order valence-corrected chi connectivity index (χ3v) is 11.0. The molecule has 1 fully saturated rings. The summed E-state index contributed by atoms with van der Waals surface area (Å²) in [5.74, 6) is 0.635. The van der Waals surface area contributed by atoms with Crippen molar-refractivity contribution in [2.45, 2.75) is 55.8 Å². The Labute approximate surface area is 278 Å². The lowest BCUT2D eigenvalue weighted by Crippen LogP contribution is -2.51. The van der Waals surface area contributed by atoms with Gasteiger partial charge in [0.25, 0.3) is 0 Å². The highest BCUT2D eigenvalue weighted by atomic mass is 32.2. The molecule has 0 bridgehead atoms. The van der Waals surface area contributed by atoms with Crippen LogP contribution in [0, 0.1) is 0 Å². The maximum atomic E-state index is 13.7. The minimum atomic E-state index is -3.65. The number of hydrogen-bond acceptors (Lipinski definition) is 9. The van der Waals surface area contributed by atoms with Crippen molar-refractivity contribution in [3.8, 4) is 0 Å². The van der Waals surface area contributed by atoms with E-state index >= 15 is 0 Å². The lowest BCUT2D eigenvalue weighted by molar-refractivity contribution is 0.244. The van der Waals surface area contributed by atoms with Gasteiger partial charge in [0.05, 0.1) is 10.6 Å². The van der Waals surface area contributed by atoms with E-state index in [4.69, 9.17) is 11.5 Å². The summed E-state index contributed by atoms with van der Waals surface area (Å²) >= 11 is 4.32. The van der Waals surface area contributed by atoms with Crippen LogP contribution in [0.15, 0.2) is 71.3 Å². The summed E-state index contributed by atoms with van der Waals surface area (Å²) in [6, 6.07) is 14.8. The number of nitrogens with two attached hydrogens (primary N) is 2. The van der Waals surface area contributed by atoms with Gasteiger partial charge < -0.3 is 27.4 Å². The molecule has 3 aliphatic rings. The number of anilines is 1. The highest BCUT2D eigenvalue weighted by molar-refractivity contribution is 7.89. The molecule has 1 atom stereocenters. The van der Waals surface area contributed by atoms with Gasteiger partial charge in [-0.3, -0.25) is 9.80 Å². The smallest absolute Gasteiger partial charge is 0.327 e. The number of piperidine rings is 1. The van der Waals surface area contributed by atoms with Crippen molar-refractivity contribution in [2.75, 3.05) is 56.5 Å². The number of fused-ring (bicyclic) bond motifs is 1. The molecular weight excluding hydrogens is 621 g/mol. The Hall–Kier alpha value is -2.91. The van der Waals surface area contributed by atoms with Crippen LogP contribution < -0.4 is 32.3 Å². The number of nitrogens with one attached hydrogen (secondary N) is 3. The van der Waals surface area contributed by atoms with Gasteiger partial charge in [0.2, 0.25) is 10.0 Å². The van der Waals surface area contributed by atoms with Crippen LogP contribution in [-0.2, 0) is 16.6 Å². The Balaban J connectivity index is 1.28. The third kappa shape index (κ3) is 8.32. The van der Waals surface area contributed by atoms with Crippen LogP contribution in [0.3, 0.4) is 0 Å². The first-order valence-corrected chi connectivity index (χ1v) is 18.4. The summed E-state index contributed by atoms with van der Waals surface area (Å²) in [6.07, 6.45) is 7.66. The summed E-state index contributed by atoms with van der Waals surface area (Å²) in [5.41, 5.74) is 16.0. The van der Waals surface area contributed by atoms with Gasteiger partial charge in [0.1, 0.15) is 6.17 Å². The lowest BCUT2D eigenvalue weighted by atomic mass is 10.1. The van der Waals surface area contributed by atoms with E-state index in [-0.39, 0.29) is 23.1 Å². The number of benzene rings is 2. The minimum absolute atomic E-state index is 0.0137. The van der Waals surface area contributed by atoms with Crippen LogP contribution in [0.1, 0.15) is 43.2 Å². The first kappa shape index (κ1) is 34.4. The fourth-order valence-electron chi connectivity index (χ4n) is 6.20. The monoisotopic (exact) mass is 668 g/mol. The zero-order valence-electron chi connectivity index (χ0n) is 26.4. The highest BCUT2D eigenvalue weighted by Gasteiger charge is 2.33. The molecule has 0 spiro atoms. The summed E-state index contributed by atoms with van der Waals surface area (Å²) in [4.78, 5) is 17.4. The Bertz CT molecular complexity index is 1470. The largest absolute Gasteiger partial charge is 0.361 e. The standard InChI is InChI=1S/C33H48N8O3S2/c34-14-1-18-39(19-2-15-35)23-25-4-8-28(9-5-25)40-24-27-22-31(37-32(27)38-33(40)42)26-6-10-30(11-7-26)46(43,44)41(20-3-21-45)29-12-16-36-17-13-29/h4-11,22,24,29,32,36-37,45H,1-3,12-21,23,34-35H2,(H,38,42). The SMILES string of the molecule is NCCCN(CCCN)Cc1ccc(N2C=C3C=C(c4ccc(S(=O)(=O)N(CCCS)C5CCNCC5)cc4)NC3NC2=O)cc1. The van der Waals surface area contributed by atoms with E-state index in [0.29, 0.717) is 31.8 Å². The average molecular weight is 669 g/mol. The number of sulfonamides is 1. The average Bonchev–Trinajstić information content (AvgIpc) is 3.49. The van der Waals surface area contributed by atoms with Gasteiger partial charge in [-0.2, -0.15) is 16.9 Å². The van der Waals surface area contributed by atoms with Gasteiger partial charge in [0.15, 0.2) is 0 Å². The number of amides is 2. The molecular formula is C33H48N8O3S2. The van der Waals surface area contributed by atoms with Crippen molar-refractivity contribution in [3.05, 3.63) is 77.5 Å². The summed E-state index contributed by atoms with van der Waals surface area (Å²) in [6.45, 7) is 6.06. The number of nitrogens with zero attached hydrogens (tertiary/aromatic N) is 3. The molecule has 2 aromatic carbocycles. The molecule has 250 valence electrons. The molecule has 2 amide bonds. The van der Waals surface area contributed by atoms with Gasteiger partial charge in [-0.1, -0.05) is 24.3 Å². The van der Waals surface area contributed by atoms with E-state index in [9.17, 15) is 13.2 Å². The van der Waals surface area contributed by atoms with Gasteiger partial charge in [-0.15, -0.1) is 0 Å². The van der Waals surface area contributed by atoms with Crippen LogP contribution in [0.25, 0.3) is 5.70 Å². The van der Waals surface area contributed by atoms with E-state index in [1.807, 2.05) is 36.5 Å². The molecule has 13 heteroatoms. The second-order valence-electron chi connectivity index (χ2n) is 12.0. The van der Waals surface area contributed by atoms with Crippen molar-refractivity contribution < 1.29 is 13.2 Å². The first-order valence-electron chi connectivity index (χ1n) is 16.3. The second kappa shape index (κ2) is 16.3. The van der Waals surface area contributed by atoms with Crippen LogP contribution in [-0.4, -0.2) is 87.4 Å². The topological polar surface area (TPSA) is 149 Å². The number of hydrogen-bond donors (Lipinski definition) is 6. The molecule has 0 radical (unpaired) electrons. The Morgan fingerprint density at radius 1 is 0.891 bits per heavy atom. The van der Waals surface area contributed by atoms with Gasteiger partial charge in [-0.25, -0.2) is 13.2 Å². The third-order valence-electron chi connectivity index (χ3n) is 8.71. The van der Waals surface area contributed by atoms with E-state index in [0.717, 1.165) is 86.5 Å². The predicted octanol–water partition coefficient (Wildman–Crippen LogP) is 2.63. The number of carbonyl (C=O) groups excluding carboxylic acids is 1. The quantitative estimate of drug-likeness (QED) is 0.150. The van der Waals surface area contributed by atoms with Crippen molar-refractivity contribution >= 4 is 40.1 Å². The van der Waals surface area contributed by atoms with Crippen molar-refractivity contribution in [1.29, 1.82) is 0 Å². The molecule has 46 heavy (non-hydrogen) atoms. The molecule has 0 aliphatic carbocycles. The molecule has 11 nitrogen and oxygen atoms in total. The molecule has 7 N–H and O–H groups in total. The fourth-order valence-corrected chi connectivity index (χ4v) is 8.07. The van der Waals surface area contributed by atoms with Crippen LogP contribution in [0.2, 0.25) is 0 Å². The molecule has 1 unspecified atom stereocenters. The van der Waals surface area contributed by atoms with E-state index in [1.54, 1.807) is 21.3 Å². The Kier molecular flexibility index (Phi) is 12.2. The molecule has 0 aromatic heterocycles. The van der Waals surface area contributed by atoms with Crippen molar-refractivity contribution in [1.82, 2.24) is 25.2 Å². The van der Waals surface area contributed by atoms with E-state index in [2.05, 4.69) is 45.6 Å². The fraction of sp³-hybridized carbons (Fsp3) is 0.485. The van der Waals surface area contributed by atoms with Crippen LogP contribution in [0.4, 0.5) is 10.5 Å². The first-order chi connectivity index (χ1) is 22.3. The lowest BCUT2D eigenvalue weighted by Gasteiger charge is -2.33. The minimum Gasteiger partial charge on any atom is -0.361 e. The van der Waals surface area contributed by atoms with Crippen molar-refractivity contribution in [3.63, 3.8) is 0 Å². The summed E-state index contributed by atoms with van der Waals surface area (Å²) in [5, 5.41) is 9.73. The number of urea groups is 1. The summed E-state index contributed by atoms with van der Waals surface area (Å²) in [7, 11) is -3.65. The molecule has 3 aliphatic heterocycles. The second-order valence-corrected chi connectivity index (χ2v) is 14.3. The predicted molar refractivity (Wildman–Crippen MR) is 188 cm³/mol. The van der Waals surface area contributed by atoms with E-state index < -0.39 is 10.0 Å². The molecule has 3 heterocycles. The van der Waals surface area contributed by atoms with Crippen LogP contribution in [0.5, 0.6) is 0 Å².